The van der Waals surface area contributed by atoms with E-state index in [1.54, 1.807) is 38.1 Å². The van der Waals surface area contributed by atoms with Gasteiger partial charge in [-0.25, -0.2) is 13.6 Å². The van der Waals surface area contributed by atoms with Gasteiger partial charge in [0.25, 0.3) is 0 Å². The number of anilines is 2. The molecule has 0 aliphatic carbocycles. The van der Waals surface area contributed by atoms with E-state index < -0.39 is 53.4 Å². The number of nitrogens with zero attached hydrogens (tertiary/aromatic N) is 2. The molecule has 3 atom stereocenters. The first-order chi connectivity index (χ1) is 17.1. The fourth-order valence-corrected chi connectivity index (χ4v) is 4.11. The summed E-state index contributed by atoms with van der Waals surface area (Å²) in [6.45, 7) is 4.59. The predicted molar refractivity (Wildman–Crippen MR) is 128 cm³/mol. The average molecular weight is 503 g/mol. The molecule has 0 saturated carbocycles. The highest BCUT2D eigenvalue weighted by atomic mass is 19.1. The highest BCUT2D eigenvalue weighted by Gasteiger charge is 2.42. The Kier molecular flexibility index (Phi) is 8.36. The number of carboxylic acid groups (broad SMARTS) is 1. The molecule has 11 heteroatoms. The SMILES string of the molecule is CC(C)[C@H](NCN(C(=O)O)C(C)C=O)C(=O)N1c2ccccc2C[C@H]1C(=O)Nc1c(F)cccc1F. The summed E-state index contributed by atoms with van der Waals surface area (Å²) in [5.41, 5.74) is 0.564. The van der Waals surface area contributed by atoms with Crippen LogP contribution in [-0.4, -0.2) is 59.0 Å². The van der Waals surface area contributed by atoms with Crippen molar-refractivity contribution < 1.29 is 33.1 Å². The van der Waals surface area contributed by atoms with Crippen LogP contribution >= 0.6 is 0 Å². The van der Waals surface area contributed by atoms with Crippen LogP contribution in [0.5, 0.6) is 0 Å². The summed E-state index contributed by atoms with van der Waals surface area (Å²) in [5, 5.41) is 14.6. The van der Waals surface area contributed by atoms with Crippen LogP contribution in [0.4, 0.5) is 25.0 Å². The third-order valence-electron chi connectivity index (χ3n) is 6.08. The standard InChI is InChI=1S/C25H28F2N4O5/c1-14(2)21(28-13-30(25(35)36)15(3)12-32)24(34)31-19-10-5-4-7-16(19)11-20(31)23(33)29-22-17(26)8-6-9-18(22)27/h4-10,12,14-15,20-21,28H,11,13H2,1-3H3,(H,29,33)(H,35,36)/t15?,20-,21-/m0/s1. The number of amides is 3. The zero-order valence-corrected chi connectivity index (χ0v) is 20.1. The number of halogens is 2. The molecule has 2 aromatic carbocycles. The molecule has 0 fully saturated rings. The largest absolute Gasteiger partial charge is 0.465 e. The minimum absolute atomic E-state index is 0.123. The fourth-order valence-electron chi connectivity index (χ4n) is 4.11. The van der Waals surface area contributed by atoms with E-state index in [4.69, 9.17) is 0 Å². The van der Waals surface area contributed by atoms with Gasteiger partial charge >= 0.3 is 6.09 Å². The minimum atomic E-state index is -1.34. The van der Waals surface area contributed by atoms with E-state index in [1.165, 1.54) is 17.9 Å². The van der Waals surface area contributed by atoms with E-state index in [-0.39, 0.29) is 19.0 Å². The number of fused-ring (bicyclic) bond motifs is 1. The molecular weight excluding hydrogens is 474 g/mol. The summed E-state index contributed by atoms with van der Waals surface area (Å²) < 4.78 is 28.3. The number of rotatable bonds is 9. The van der Waals surface area contributed by atoms with Crippen LogP contribution in [0.3, 0.4) is 0 Å². The quantitative estimate of drug-likeness (QED) is 0.358. The zero-order chi connectivity index (χ0) is 26.6. The van der Waals surface area contributed by atoms with Gasteiger partial charge in [0.15, 0.2) is 0 Å². The van der Waals surface area contributed by atoms with Gasteiger partial charge in [-0.3, -0.25) is 24.7 Å². The molecule has 0 spiro atoms. The van der Waals surface area contributed by atoms with Gasteiger partial charge < -0.3 is 15.2 Å². The fraction of sp³-hybridized carbons (Fsp3) is 0.360. The number of nitrogens with one attached hydrogen (secondary N) is 2. The van der Waals surface area contributed by atoms with Crippen molar-refractivity contribution >= 4 is 35.6 Å². The topological polar surface area (TPSA) is 119 Å². The summed E-state index contributed by atoms with van der Waals surface area (Å²) in [5.74, 6) is -3.52. The molecule has 192 valence electrons. The van der Waals surface area contributed by atoms with Crippen molar-refractivity contribution in [1.29, 1.82) is 0 Å². The van der Waals surface area contributed by atoms with Crippen molar-refractivity contribution in [3.8, 4) is 0 Å². The van der Waals surface area contributed by atoms with E-state index in [0.29, 0.717) is 17.5 Å². The van der Waals surface area contributed by atoms with Crippen LogP contribution < -0.4 is 15.5 Å². The third kappa shape index (κ3) is 5.51. The number of hydrogen-bond acceptors (Lipinski definition) is 5. The number of para-hydroxylation sites is 2. The molecule has 2 aromatic rings. The Hall–Kier alpha value is -3.86. The van der Waals surface area contributed by atoms with Crippen LogP contribution in [0.2, 0.25) is 0 Å². The molecule has 3 rings (SSSR count). The van der Waals surface area contributed by atoms with Gasteiger partial charge in [-0.05, 0) is 36.6 Å². The molecule has 36 heavy (non-hydrogen) atoms. The molecule has 3 amide bonds. The van der Waals surface area contributed by atoms with Gasteiger partial charge in [-0.2, -0.15) is 0 Å². The lowest BCUT2D eigenvalue weighted by Crippen LogP contribution is -2.57. The molecule has 0 bridgehead atoms. The van der Waals surface area contributed by atoms with E-state index in [2.05, 4.69) is 10.6 Å². The second-order valence-electron chi connectivity index (χ2n) is 8.86. The Bertz CT molecular complexity index is 1140. The van der Waals surface area contributed by atoms with Crippen molar-refractivity contribution in [2.75, 3.05) is 16.9 Å². The molecule has 1 unspecified atom stereocenters. The second kappa shape index (κ2) is 11.3. The summed E-state index contributed by atoms with van der Waals surface area (Å²) >= 11 is 0. The van der Waals surface area contributed by atoms with Crippen molar-refractivity contribution in [3.63, 3.8) is 0 Å². The van der Waals surface area contributed by atoms with Crippen molar-refractivity contribution in [1.82, 2.24) is 10.2 Å². The van der Waals surface area contributed by atoms with Crippen LogP contribution in [-0.2, 0) is 20.8 Å². The molecule has 0 radical (unpaired) electrons. The van der Waals surface area contributed by atoms with E-state index >= 15 is 0 Å². The van der Waals surface area contributed by atoms with Crippen LogP contribution in [0.15, 0.2) is 42.5 Å². The number of carbonyl (C=O) groups is 4. The molecular formula is C25H28F2N4O5. The monoisotopic (exact) mass is 502 g/mol. The zero-order valence-electron chi connectivity index (χ0n) is 20.1. The molecule has 9 nitrogen and oxygen atoms in total. The maximum absolute atomic E-state index is 14.2. The number of benzene rings is 2. The normalized spacial score (nSPS) is 16.3. The number of aldehydes is 1. The smallest absolute Gasteiger partial charge is 0.408 e. The lowest BCUT2D eigenvalue weighted by atomic mass is 10.0. The van der Waals surface area contributed by atoms with E-state index in [0.717, 1.165) is 17.0 Å². The van der Waals surface area contributed by atoms with Gasteiger partial charge in [0.05, 0.1) is 18.8 Å². The van der Waals surface area contributed by atoms with Gasteiger partial charge in [-0.15, -0.1) is 0 Å². The van der Waals surface area contributed by atoms with E-state index in [1.807, 2.05) is 0 Å². The van der Waals surface area contributed by atoms with Gasteiger partial charge in [-0.1, -0.05) is 38.1 Å². The van der Waals surface area contributed by atoms with Crippen LogP contribution in [0.1, 0.15) is 26.3 Å². The first-order valence-electron chi connectivity index (χ1n) is 11.4. The van der Waals surface area contributed by atoms with Crippen molar-refractivity contribution in [2.24, 2.45) is 5.92 Å². The van der Waals surface area contributed by atoms with Gasteiger partial charge in [0.1, 0.15) is 29.6 Å². The lowest BCUT2D eigenvalue weighted by molar-refractivity contribution is -0.125. The molecule has 1 aliphatic rings. The summed E-state index contributed by atoms with van der Waals surface area (Å²) in [6, 6.07) is 7.09. The van der Waals surface area contributed by atoms with Crippen molar-refractivity contribution in [3.05, 3.63) is 59.7 Å². The maximum atomic E-state index is 14.2. The first kappa shape index (κ1) is 26.7. The Balaban J connectivity index is 1.90. The summed E-state index contributed by atoms with van der Waals surface area (Å²) in [7, 11) is 0. The second-order valence-corrected chi connectivity index (χ2v) is 8.86. The van der Waals surface area contributed by atoms with Gasteiger partial charge in [0, 0.05) is 12.1 Å². The first-order valence-corrected chi connectivity index (χ1v) is 11.4. The van der Waals surface area contributed by atoms with Gasteiger partial charge in [0.2, 0.25) is 11.8 Å². The third-order valence-corrected chi connectivity index (χ3v) is 6.08. The minimum Gasteiger partial charge on any atom is -0.465 e. The Morgan fingerprint density at radius 1 is 1.11 bits per heavy atom. The predicted octanol–water partition coefficient (Wildman–Crippen LogP) is 3.00. The number of hydrogen-bond donors (Lipinski definition) is 3. The van der Waals surface area contributed by atoms with Crippen LogP contribution in [0.25, 0.3) is 0 Å². The Morgan fingerprint density at radius 2 is 1.75 bits per heavy atom. The molecule has 1 aliphatic heterocycles. The number of carbonyl (C=O) groups excluding carboxylic acids is 3. The highest BCUT2D eigenvalue weighted by molar-refractivity contribution is 6.09. The molecule has 1 heterocycles. The average Bonchev–Trinajstić information content (AvgIpc) is 3.22. The Morgan fingerprint density at radius 3 is 2.33 bits per heavy atom. The van der Waals surface area contributed by atoms with E-state index in [9.17, 15) is 33.1 Å². The lowest BCUT2D eigenvalue weighted by Gasteiger charge is -2.33. The molecule has 3 N–H and O–H groups in total. The highest BCUT2D eigenvalue weighted by Crippen LogP contribution is 2.34. The summed E-state index contributed by atoms with van der Waals surface area (Å²) in [6.07, 6.45) is -0.744. The molecule has 0 saturated heterocycles. The Labute approximate surface area is 207 Å². The summed E-state index contributed by atoms with van der Waals surface area (Å²) in [4.78, 5) is 51.8. The van der Waals surface area contributed by atoms with Crippen molar-refractivity contribution in [2.45, 2.75) is 45.3 Å². The maximum Gasteiger partial charge on any atom is 0.408 e. The molecule has 0 aromatic heterocycles. The van der Waals surface area contributed by atoms with Crippen LogP contribution in [0, 0.1) is 17.6 Å².